The number of anilines is 1. The summed E-state index contributed by atoms with van der Waals surface area (Å²) >= 11 is 0. The lowest BCUT2D eigenvalue weighted by Gasteiger charge is -2.08. The number of aryl methyl sites for hydroxylation is 1. The van der Waals surface area contributed by atoms with Crippen LogP contribution in [0, 0.1) is 0 Å². The van der Waals surface area contributed by atoms with E-state index in [0.29, 0.717) is 6.04 Å². The number of nitrogens with one attached hydrogen (secondary N) is 1. The fourth-order valence-corrected chi connectivity index (χ4v) is 3.29. The van der Waals surface area contributed by atoms with Crippen LogP contribution in [0.2, 0.25) is 0 Å². The Kier molecular flexibility index (Phi) is 2.34. The monoisotopic (exact) mass is 252 g/mol. The molecule has 2 aromatic rings. The smallest absolute Gasteiger partial charge is 0.228 e. The van der Waals surface area contributed by atoms with E-state index in [0.717, 1.165) is 19.4 Å². The maximum atomic E-state index is 4.77. The molecule has 96 valence electrons. The fourth-order valence-electron chi connectivity index (χ4n) is 3.29. The van der Waals surface area contributed by atoms with Gasteiger partial charge in [0.15, 0.2) is 5.69 Å². The molecule has 3 heteroatoms. The van der Waals surface area contributed by atoms with Gasteiger partial charge in [-0.05, 0) is 31.7 Å². The van der Waals surface area contributed by atoms with Crippen molar-refractivity contribution in [3.8, 4) is 11.3 Å². The van der Waals surface area contributed by atoms with Crippen LogP contribution >= 0.6 is 0 Å². The topological polar surface area (TPSA) is 28.8 Å². The largest absolute Gasteiger partial charge is 0.302 e. The lowest BCUT2D eigenvalue weighted by Crippen LogP contribution is -2.36. The summed E-state index contributed by atoms with van der Waals surface area (Å²) in [4.78, 5) is 4.77. The van der Waals surface area contributed by atoms with E-state index in [4.69, 9.17) is 4.98 Å². The molecule has 1 N–H and O–H groups in total. The summed E-state index contributed by atoms with van der Waals surface area (Å²) in [6.07, 6.45) is 5.48. The lowest BCUT2D eigenvalue weighted by molar-refractivity contribution is -0.696. The van der Waals surface area contributed by atoms with Crippen LogP contribution in [-0.2, 0) is 12.8 Å². The molecule has 0 amide bonds. The first-order valence-electron chi connectivity index (χ1n) is 7.10. The number of aromatic nitrogens is 2. The minimum Gasteiger partial charge on any atom is -0.302 e. The predicted molar refractivity (Wildman–Crippen MR) is 75.1 cm³/mol. The van der Waals surface area contributed by atoms with Crippen LogP contribution in [-0.4, -0.2) is 11.5 Å². The van der Waals surface area contributed by atoms with Gasteiger partial charge in [0.1, 0.15) is 6.04 Å². The Labute approximate surface area is 113 Å². The summed E-state index contributed by atoms with van der Waals surface area (Å²) in [5, 5.41) is 3.56. The summed E-state index contributed by atoms with van der Waals surface area (Å²) in [7, 11) is 0. The van der Waals surface area contributed by atoms with E-state index in [-0.39, 0.29) is 0 Å². The molecule has 1 unspecified atom stereocenters. The molecule has 19 heavy (non-hydrogen) atoms. The molecule has 2 aliphatic rings. The highest BCUT2D eigenvalue weighted by Crippen LogP contribution is 2.34. The van der Waals surface area contributed by atoms with Crippen molar-refractivity contribution in [3.63, 3.8) is 0 Å². The summed E-state index contributed by atoms with van der Waals surface area (Å²) in [5.74, 6) is 1.29. The first-order valence-corrected chi connectivity index (χ1v) is 7.10. The van der Waals surface area contributed by atoms with Crippen molar-refractivity contribution in [1.82, 2.24) is 4.98 Å². The lowest BCUT2D eigenvalue weighted by atomic mass is 10.0. The number of hydrogen-bond donors (Lipinski definition) is 1. The maximum Gasteiger partial charge on any atom is 0.228 e. The highest BCUT2D eigenvalue weighted by molar-refractivity contribution is 5.71. The number of hydrogen-bond acceptors (Lipinski definition) is 2. The zero-order valence-corrected chi connectivity index (χ0v) is 11.2. The molecule has 2 heterocycles. The molecular formula is C16H18N3+. The third kappa shape index (κ3) is 1.57. The van der Waals surface area contributed by atoms with Crippen LogP contribution in [0.1, 0.15) is 30.5 Å². The summed E-state index contributed by atoms with van der Waals surface area (Å²) < 4.78 is 2.28. The first-order chi connectivity index (χ1) is 9.34. The molecular weight excluding hydrogens is 234 g/mol. The normalized spacial score (nSPS) is 19.9. The number of rotatable bonds is 0. The third-order valence-electron chi connectivity index (χ3n) is 4.33. The Balaban J connectivity index is 1.98. The van der Waals surface area contributed by atoms with E-state index in [1.54, 1.807) is 0 Å². The second kappa shape index (κ2) is 4.05. The second-order valence-corrected chi connectivity index (χ2v) is 5.57. The molecule has 1 aliphatic carbocycles. The van der Waals surface area contributed by atoms with E-state index in [1.165, 1.54) is 34.6 Å². The number of fused-ring (bicyclic) bond motifs is 5. The molecule has 0 radical (unpaired) electrons. The van der Waals surface area contributed by atoms with Gasteiger partial charge in [-0.3, -0.25) is 0 Å². The van der Waals surface area contributed by atoms with Crippen molar-refractivity contribution in [2.24, 2.45) is 0 Å². The van der Waals surface area contributed by atoms with Crippen molar-refractivity contribution in [2.45, 2.75) is 32.2 Å². The van der Waals surface area contributed by atoms with E-state index in [1.807, 2.05) is 6.33 Å². The zero-order valence-electron chi connectivity index (χ0n) is 11.2. The van der Waals surface area contributed by atoms with Gasteiger partial charge in [0.2, 0.25) is 12.1 Å². The second-order valence-electron chi connectivity index (χ2n) is 5.57. The van der Waals surface area contributed by atoms with Crippen LogP contribution in [0.4, 0.5) is 5.82 Å². The van der Waals surface area contributed by atoms with Gasteiger partial charge in [-0.15, -0.1) is 4.98 Å². The van der Waals surface area contributed by atoms with Gasteiger partial charge in [-0.2, -0.15) is 0 Å². The Bertz CT molecular complexity index is 648. The Morgan fingerprint density at radius 3 is 3.11 bits per heavy atom. The van der Waals surface area contributed by atoms with Crippen molar-refractivity contribution in [1.29, 1.82) is 0 Å². The van der Waals surface area contributed by atoms with E-state index < -0.39 is 0 Å². The van der Waals surface area contributed by atoms with Gasteiger partial charge in [0, 0.05) is 5.56 Å². The molecule has 0 bridgehead atoms. The average Bonchev–Trinajstić information content (AvgIpc) is 2.71. The molecule has 1 atom stereocenters. The number of nitrogens with zero attached hydrogens (tertiary/aromatic N) is 2. The van der Waals surface area contributed by atoms with Gasteiger partial charge in [0.05, 0.1) is 12.1 Å². The van der Waals surface area contributed by atoms with Crippen LogP contribution in [0.25, 0.3) is 11.3 Å². The zero-order chi connectivity index (χ0) is 12.8. The molecule has 0 saturated carbocycles. The van der Waals surface area contributed by atoms with E-state index in [2.05, 4.69) is 41.1 Å². The molecule has 1 aromatic heterocycles. The average molecular weight is 252 g/mol. The van der Waals surface area contributed by atoms with Gasteiger partial charge in [-0.1, -0.05) is 24.3 Å². The highest BCUT2D eigenvalue weighted by Gasteiger charge is 2.31. The summed E-state index contributed by atoms with van der Waals surface area (Å²) in [5.41, 5.74) is 5.34. The third-order valence-corrected chi connectivity index (χ3v) is 4.33. The Hall–Kier alpha value is -1.90. The Morgan fingerprint density at radius 2 is 2.16 bits per heavy atom. The van der Waals surface area contributed by atoms with Gasteiger partial charge in [-0.25, -0.2) is 4.57 Å². The first kappa shape index (κ1) is 11.0. The summed E-state index contributed by atoms with van der Waals surface area (Å²) in [6.45, 7) is 3.25. The summed E-state index contributed by atoms with van der Waals surface area (Å²) in [6, 6.07) is 9.20. The molecule has 0 saturated heterocycles. The molecule has 1 aromatic carbocycles. The standard InChI is InChI=1S/C16H17N3/c1-11-9-17-16-14-8-4-6-12-5-2-3-7-13(12)15(14)18-10-19(11)16/h2-3,5,7,10-11H,4,6,8-9H2,1H3/p+1. The van der Waals surface area contributed by atoms with Crippen molar-refractivity contribution >= 4 is 5.82 Å². The molecule has 0 spiro atoms. The minimum atomic E-state index is 0.506. The maximum absolute atomic E-state index is 4.77. The van der Waals surface area contributed by atoms with Crippen LogP contribution in [0.15, 0.2) is 30.6 Å². The molecule has 4 rings (SSSR count). The molecule has 1 aliphatic heterocycles. The van der Waals surface area contributed by atoms with Crippen LogP contribution in [0.5, 0.6) is 0 Å². The van der Waals surface area contributed by atoms with E-state index >= 15 is 0 Å². The molecule has 3 nitrogen and oxygen atoms in total. The van der Waals surface area contributed by atoms with E-state index in [9.17, 15) is 0 Å². The fraction of sp³-hybridized carbons (Fsp3) is 0.375. The minimum absolute atomic E-state index is 0.506. The van der Waals surface area contributed by atoms with Crippen molar-refractivity contribution in [2.75, 3.05) is 11.9 Å². The van der Waals surface area contributed by atoms with Gasteiger partial charge >= 0.3 is 0 Å². The molecule has 0 fully saturated rings. The predicted octanol–water partition coefficient (Wildman–Crippen LogP) is 2.51. The highest BCUT2D eigenvalue weighted by atomic mass is 15.2. The van der Waals surface area contributed by atoms with Gasteiger partial charge in [0.25, 0.3) is 0 Å². The van der Waals surface area contributed by atoms with Crippen molar-refractivity contribution < 1.29 is 4.57 Å². The Morgan fingerprint density at radius 1 is 1.26 bits per heavy atom. The van der Waals surface area contributed by atoms with Crippen molar-refractivity contribution in [3.05, 3.63) is 41.7 Å². The van der Waals surface area contributed by atoms with Gasteiger partial charge < -0.3 is 5.32 Å². The number of benzene rings is 1. The van der Waals surface area contributed by atoms with Crippen LogP contribution in [0.3, 0.4) is 0 Å². The SMILES string of the molecule is CC1CNc2c3c(nc[n+]21)-c1ccccc1CCC3. The van der Waals surface area contributed by atoms with Crippen LogP contribution < -0.4 is 9.88 Å². The quantitative estimate of drug-likeness (QED) is 0.730.